The third-order valence-electron chi connectivity index (χ3n) is 4.29. The summed E-state index contributed by atoms with van der Waals surface area (Å²) in [7, 11) is -3.33. The minimum atomic E-state index is -3.33. The minimum Gasteiger partial charge on any atom is -0.490 e. The Morgan fingerprint density at radius 2 is 1.70 bits per heavy atom. The SMILES string of the molecule is Cc1cc(OC2CCN(S(=O)(=O)N3CCCC3)CC2)cc(=O)o1. The van der Waals surface area contributed by atoms with E-state index in [0.717, 1.165) is 12.8 Å². The zero-order valence-electron chi connectivity index (χ0n) is 13.2. The molecular formula is C15H22N2O5S. The molecule has 0 spiro atoms. The van der Waals surface area contributed by atoms with Crippen LogP contribution in [0.25, 0.3) is 0 Å². The molecule has 128 valence electrons. The highest BCUT2D eigenvalue weighted by molar-refractivity contribution is 7.86. The van der Waals surface area contributed by atoms with Crippen molar-refractivity contribution in [2.24, 2.45) is 0 Å². The molecule has 0 saturated carbocycles. The van der Waals surface area contributed by atoms with E-state index < -0.39 is 15.8 Å². The Morgan fingerprint density at radius 1 is 1.09 bits per heavy atom. The molecule has 0 unspecified atom stereocenters. The molecule has 0 radical (unpaired) electrons. The first kappa shape index (κ1) is 16.5. The van der Waals surface area contributed by atoms with Gasteiger partial charge in [-0.25, -0.2) is 4.79 Å². The summed E-state index contributed by atoms with van der Waals surface area (Å²) in [5.74, 6) is 0.987. The lowest BCUT2D eigenvalue weighted by atomic mass is 10.1. The number of piperidine rings is 1. The first-order valence-electron chi connectivity index (χ1n) is 7.99. The summed E-state index contributed by atoms with van der Waals surface area (Å²) in [6.45, 7) is 3.84. The number of rotatable bonds is 4. The molecule has 0 aromatic carbocycles. The van der Waals surface area contributed by atoms with Crippen molar-refractivity contribution in [3.05, 3.63) is 28.3 Å². The summed E-state index contributed by atoms with van der Waals surface area (Å²) in [6, 6.07) is 3.00. The minimum absolute atomic E-state index is 0.0822. The van der Waals surface area contributed by atoms with Crippen LogP contribution in [0.15, 0.2) is 21.3 Å². The number of ether oxygens (including phenoxy) is 1. The lowest BCUT2D eigenvalue weighted by Crippen LogP contribution is -2.47. The monoisotopic (exact) mass is 342 g/mol. The van der Waals surface area contributed by atoms with Crippen LogP contribution in [-0.2, 0) is 10.2 Å². The van der Waals surface area contributed by atoms with Crippen LogP contribution in [0.5, 0.6) is 5.75 Å². The fraction of sp³-hybridized carbons (Fsp3) is 0.667. The molecule has 0 N–H and O–H groups in total. The molecular weight excluding hydrogens is 320 g/mol. The average molecular weight is 342 g/mol. The molecule has 0 atom stereocenters. The van der Waals surface area contributed by atoms with E-state index in [9.17, 15) is 13.2 Å². The van der Waals surface area contributed by atoms with Gasteiger partial charge in [0.2, 0.25) is 0 Å². The van der Waals surface area contributed by atoms with Crippen molar-refractivity contribution in [1.29, 1.82) is 0 Å². The number of aryl methyl sites for hydroxylation is 1. The van der Waals surface area contributed by atoms with Crippen molar-refractivity contribution in [2.75, 3.05) is 26.2 Å². The van der Waals surface area contributed by atoms with E-state index >= 15 is 0 Å². The first-order valence-corrected chi connectivity index (χ1v) is 9.38. The van der Waals surface area contributed by atoms with Crippen LogP contribution >= 0.6 is 0 Å². The molecule has 0 amide bonds. The molecule has 2 saturated heterocycles. The van der Waals surface area contributed by atoms with E-state index in [2.05, 4.69) is 0 Å². The summed E-state index contributed by atoms with van der Waals surface area (Å²) in [4.78, 5) is 11.3. The van der Waals surface area contributed by atoms with Gasteiger partial charge in [-0.3, -0.25) is 0 Å². The Hall–Kier alpha value is -1.38. The Bertz CT molecular complexity index is 701. The van der Waals surface area contributed by atoms with Gasteiger partial charge >= 0.3 is 5.63 Å². The van der Waals surface area contributed by atoms with E-state index in [0.29, 0.717) is 50.5 Å². The number of hydrogen-bond acceptors (Lipinski definition) is 5. The van der Waals surface area contributed by atoms with Gasteiger partial charge in [-0.2, -0.15) is 17.0 Å². The maximum Gasteiger partial charge on any atom is 0.339 e. The maximum atomic E-state index is 12.5. The molecule has 2 aliphatic rings. The second-order valence-electron chi connectivity index (χ2n) is 6.05. The van der Waals surface area contributed by atoms with Crippen molar-refractivity contribution in [2.45, 2.75) is 38.7 Å². The average Bonchev–Trinajstić information content (AvgIpc) is 3.01. The second kappa shape index (κ2) is 6.62. The van der Waals surface area contributed by atoms with Crippen LogP contribution in [0.3, 0.4) is 0 Å². The Morgan fingerprint density at radius 3 is 2.30 bits per heavy atom. The lowest BCUT2D eigenvalue weighted by molar-refractivity contribution is 0.131. The standard InChI is InChI=1S/C15H22N2O5S/c1-12-10-14(11-15(18)21-12)22-13-4-8-17(9-5-13)23(19,20)16-6-2-3-7-16/h10-11,13H,2-9H2,1H3. The molecule has 2 aliphatic heterocycles. The fourth-order valence-electron chi connectivity index (χ4n) is 3.10. The highest BCUT2D eigenvalue weighted by atomic mass is 32.2. The van der Waals surface area contributed by atoms with Crippen molar-refractivity contribution < 1.29 is 17.6 Å². The smallest absolute Gasteiger partial charge is 0.339 e. The van der Waals surface area contributed by atoms with E-state index in [1.54, 1.807) is 21.6 Å². The highest BCUT2D eigenvalue weighted by Gasteiger charge is 2.34. The zero-order valence-corrected chi connectivity index (χ0v) is 14.0. The maximum absolute atomic E-state index is 12.5. The van der Waals surface area contributed by atoms with Crippen molar-refractivity contribution in [1.82, 2.24) is 8.61 Å². The van der Waals surface area contributed by atoms with E-state index in [4.69, 9.17) is 9.15 Å². The summed E-state index contributed by atoms with van der Waals surface area (Å²) in [5.41, 5.74) is -0.436. The molecule has 3 rings (SSSR count). The third-order valence-corrected chi connectivity index (χ3v) is 6.32. The largest absolute Gasteiger partial charge is 0.490 e. The normalized spacial score (nSPS) is 21.6. The molecule has 1 aromatic heterocycles. The third kappa shape index (κ3) is 3.76. The summed E-state index contributed by atoms with van der Waals surface area (Å²) in [6.07, 6.45) is 3.03. The highest BCUT2D eigenvalue weighted by Crippen LogP contribution is 2.23. The predicted molar refractivity (Wildman–Crippen MR) is 84.7 cm³/mol. The van der Waals surface area contributed by atoms with Crippen LogP contribution < -0.4 is 10.4 Å². The van der Waals surface area contributed by atoms with Crippen LogP contribution in [0.1, 0.15) is 31.4 Å². The quantitative estimate of drug-likeness (QED) is 0.819. The topological polar surface area (TPSA) is 80.1 Å². The fourth-order valence-corrected chi connectivity index (χ4v) is 4.82. The van der Waals surface area contributed by atoms with Crippen LogP contribution in [0, 0.1) is 6.92 Å². The van der Waals surface area contributed by atoms with Gasteiger partial charge < -0.3 is 9.15 Å². The molecule has 0 aliphatic carbocycles. The Balaban J connectivity index is 1.59. The van der Waals surface area contributed by atoms with Crippen LogP contribution in [0.2, 0.25) is 0 Å². The van der Waals surface area contributed by atoms with Crippen molar-refractivity contribution >= 4 is 10.2 Å². The molecule has 3 heterocycles. The Kier molecular flexibility index (Phi) is 4.74. The van der Waals surface area contributed by atoms with Gasteiger partial charge in [0.25, 0.3) is 10.2 Å². The van der Waals surface area contributed by atoms with E-state index in [1.807, 2.05) is 0 Å². The molecule has 2 fully saturated rings. The van der Waals surface area contributed by atoms with Gasteiger partial charge in [-0.15, -0.1) is 0 Å². The van der Waals surface area contributed by atoms with Gasteiger partial charge in [-0.1, -0.05) is 0 Å². The molecule has 0 bridgehead atoms. The van der Waals surface area contributed by atoms with Gasteiger partial charge in [0.05, 0.1) is 6.07 Å². The molecule has 23 heavy (non-hydrogen) atoms. The molecule has 7 nitrogen and oxygen atoms in total. The van der Waals surface area contributed by atoms with Crippen LogP contribution in [-0.4, -0.2) is 49.3 Å². The molecule has 8 heteroatoms. The zero-order chi connectivity index (χ0) is 16.4. The van der Waals surface area contributed by atoms with Gasteiger partial charge in [0, 0.05) is 32.2 Å². The number of nitrogens with zero attached hydrogens (tertiary/aromatic N) is 2. The van der Waals surface area contributed by atoms with Crippen LogP contribution in [0.4, 0.5) is 0 Å². The summed E-state index contributed by atoms with van der Waals surface area (Å²) < 4.78 is 38.8. The molecule has 1 aromatic rings. The van der Waals surface area contributed by atoms with Crippen molar-refractivity contribution in [3.63, 3.8) is 0 Å². The van der Waals surface area contributed by atoms with Gasteiger partial charge in [-0.05, 0) is 32.6 Å². The van der Waals surface area contributed by atoms with Gasteiger partial charge in [0.15, 0.2) is 0 Å². The summed E-state index contributed by atoms with van der Waals surface area (Å²) in [5, 5.41) is 0. The second-order valence-corrected chi connectivity index (χ2v) is 7.98. The van der Waals surface area contributed by atoms with E-state index in [1.165, 1.54) is 6.07 Å². The summed E-state index contributed by atoms with van der Waals surface area (Å²) >= 11 is 0. The Labute approximate surface area is 136 Å². The number of hydrogen-bond donors (Lipinski definition) is 0. The van der Waals surface area contributed by atoms with Crippen molar-refractivity contribution in [3.8, 4) is 5.75 Å². The van der Waals surface area contributed by atoms with Gasteiger partial charge in [0.1, 0.15) is 17.6 Å². The first-order chi connectivity index (χ1) is 10.9. The lowest BCUT2D eigenvalue weighted by Gasteiger charge is -2.33. The van der Waals surface area contributed by atoms with E-state index in [-0.39, 0.29) is 6.10 Å². The predicted octanol–water partition coefficient (Wildman–Crippen LogP) is 1.13.